The van der Waals surface area contributed by atoms with Crippen molar-refractivity contribution < 1.29 is 23.9 Å². The van der Waals surface area contributed by atoms with Crippen molar-refractivity contribution in [3.05, 3.63) is 141 Å². The Balaban J connectivity index is 0.901. The average molecular weight is 873 g/mol. The van der Waals surface area contributed by atoms with Crippen LogP contribution in [0.2, 0.25) is 10.0 Å². The molecule has 316 valence electrons. The van der Waals surface area contributed by atoms with Crippen molar-refractivity contribution in [3.8, 4) is 22.9 Å². The SMILES string of the molecule is COc1ccc2c(c1)C(c1ccc(Cl)cc1)=N[C@@H](CC(=O)CCCNC(=O)CCC(=O)C[C@@H]1N=C(c3ccc(Cl)cc3)c3cc(OC)ccc3-n3c(C)nnc31)c1nnc(C)n1-2. The molecule has 0 saturated heterocycles. The molecule has 0 saturated carbocycles. The molecule has 6 aromatic rings. The van der Waals surface area contributed by atoms with Crippen molar-refractivity contribution in [2.24, 2.45) is 9.98 Å². The Bertz CT molecular complexity index is 2740. The van der Waals surface area contributed by atoms with Gasteiger partial charge in [0.05, 0.1) is 37.0 Å². The van der Waals surface area contributed by atoms with Crippen LogP contribution in [0, 0.1) is 13.8 Å². The van der Waals surface area contributed by atoms with Gasteiger partial charge in [0.15, 0.2) is 11.6 Å². The lowest BCUT2D eigenvalue weighted by Crippen LogP contribution is -2.25. The van der Waals surface area contributed by atoms with E-state index in [9.17, 15) is 14.4 Å². The molecule has 0 radical (unpaired) electrons. The van der Waals surface area contributed by atoms with Gasteiger partial charge < -0.3 is 14.8 Å². The predicted molar refractivity (Wildman–Crippen MR) is 236 cm³/mol. The van der Waals surface area contributed by atoms with Gasteiger partial charge in [0, 0.05) is 70.9 Å². The summed E-state index contributed by atoms with van der Waals surface area (Å²) in [4.78, 5) is 50.3. The maximum Gasteiger partial charge on any atom is 0.220 e. The highest BCUT2D eigenvalue weighted by atomic mass is 35.5. The van der Waals surface area contributed by atoms with Gasteiger partial charge in [0.2, 0.25) is 5.91 Å². The summed E-state index contributed by atoms with van der Waals surface area (Å²) in [5.41, 5.74) is 6.19. The largest absolute Gasteiger partial charge is 0.497 e. The molecule has 2 aliphatic rings. The number of carbonyl (C=O) groups is 3. The zero-order valence-electron chi connectivity index (χ0n) is 34.6. The Morgan fingerprint density at radius 2 is 1.06 bits per heavy atom. The molecule has 0 spiro atoms. The lowest BCUT2D eigenvalue weighted by Gasteiger charge is -2.14. The van der Waals surface area contributed by atoms with Crippen molar-refractivity contribution >= 4 is 52.1 Å². The number of nitrogens with one attached hydrogen (secondary N) is 1. The number of carbonyl (C=O) groups excluding carboxylic acids is 3. The zero-order chi connectivity index (χ0) is 43.5. The standard InChI is InChI=1S/C46H43Cl2N9O5/c1-26-52-54-45-38(50-43(28-7-11-30(47)12-8-28)36-24-34(61-3)16-18-40(36)56(26)45)22-32(58)6-5-21-49-42(60)20-15-33(59)23-39-46-55-53-27(2)57(46)41-19-17-35(62-4)25-37(41)44(51-39)29-9-13-31(48)14-10-29/h7-14,16-19,24-25,38-39H,5-6,15,20-23H2,1-4H3,(H,49,60)/t38-,39-/m0/s1. The Hall–Kier alpha value is -6.51. The average Bonchev–Trinajstić information content (AvgIpc) is 3.78. The van der Waals surface area contributed by atoms with E-state index in [1.54, 1.807) is 38.5 Å². The number of amides is 1. The molecule has 4 aromatic carbocycles. The fourth-order valence-corrected chi connectivity index (χ4v) is 8.10. The smallest absolute Gasteiger partial charge is 0.220 e. The quantitative estimate of drug-likeness (QED) is 0.101. The normalized spacial score (nSPS) is 15.1. The summed E-state index contributed by atoms with van der Waals surface area (Å²) in [5.74, 6) is 3.21. The summed E-state index contributed by atoms with van der Waals surface area (Å²) in [6.45, 7) is 3.98. The van der Waals surface area contributed by atoms with Gasteiger partial charge in [-0.05, 0) is 80.9 Å². The molecule has 2 atom stereocenters. The van der Waals surface area contributed by atoms with E-state index >= 15 is 0 Å². The van der Waals surface area contributed by atoms with Crippen molar-refractivity contribution in [3.63, 3.8) is 0 Å². The van der Waals surface area contributed by atoms with Gasteiger partial charge in [-0.2, -0.15) is 0 Å². The third-order valence-electron chi connectivity index (χ3n) is 10.9. The van der Waals surface area contributed by atoms with Gasteiger partial charge in [-0.1, -0.05) is 47.5 Å². The van der Waals surface area contributed by atoms with Crippen LogP contribution < -0.4 is 14.8 Å². The number of aromatic nitrogens is 6. The van der Waals surface area contributed by atoms with Gasteiger partial charge in [0.25, 0.3) is 0 Å². The Morgan fingerprint density at radius 1 is 0.613 bits per heavy atom. The van der Waals surface area contributed by atoms with E-state index in [4.69, 9.17) is 42.7 Å². The summed E-state index contributed by atoms with van der Waals surface area (Å²) < 4.78 is 15.0. The van der Waals surface area contributed by atoms with E-state index in [0.29, 0.717) is 62.7 Å². The number of halogens is 2. The molecular formula is C46H43Cl2N9O5. The lowest BCUT2D eigenvalue weighted by atomic mass is 9.99. The number of aliphatic imine (C=N–C) groups is 2. The van der Waals surface area contributed by atoms with E-state index < -0.39 is 12.1 Å². The Kier molecular flexibility index (Phi) is 12.4. The van der Waals surface area contributed by atoms with E-state index in [0.717, 1.165) is 33.6 Å². The number of nitrogens with zero attached hydrogens (tertiary/aromatic N) is 8. The third kappa shape index (κ3) is 8.79. The minimum Gasteiger partial charge on any atom is -0.497 e. The molecular weight excluding hydrogens is 829 g/mol. The van der Waals surface area contributed by atoms with Crippen molar-refractivity contribution in [1.29, 1.82) is 0 Å². The van der Waals surface area contributed by atoms with Crippen LogP contribution in [0.15, 0.2) is 94.9 Å². The van der Waals surface area contributed by atoms with Gasteiger partial charge in [-0.3, -0.25) is 33.5 Å². The number of fused-ring (bicyclic) bond motifs is 6. The summed E-state index contributed by atoms with van der Waals surface area (Å²) >= 11 is 12.5. The van der Waals surface area contributed by atoms with Crippen LogP contribution in [0.1, 0.15) is 96.2 Å². The highest BCUT2D eigenvalue weighted by Gasteiger charge is 2.32. The second kappa shape index (κ2) is 18.2. The van der Waals surface area contributed by atoms with Crippen LogP contribution in [-0.4, -0.2) is 79.2 Å². The summed E-state index contributed by atoms with van der Waals surface area (Å²) in [6, 6.07) is 24.9. The molecule has 8 rings (SSSR count). The highest BCUT2D eigenvalue weighted by molar-refractivity contribution is 6.31. The second-order valence-electron chi connectivity index (χ2n) is 15.1. The van der Waals surface area contributed by atoms with Gasteiger partial charge in [0.1, 0.15) is 46.8 Å². The molecule has 16 heteroatoms. The molecule has 1 N–H and O–H groups in total. The summed E-state index contributed by atoms with van der Waals surface area (Å²) in [5, 5.41) is 21.7. The first-order valence-electron chi connectivity index (χ1n) is 20.2. The first-order valence-corrected chi connectivity index (χ1v) is 21.0. The van der Waals surface area contributed by atoms with Gasteiger partial charge >= 0.3 is 0 Å². The molecule has 1 amide bonds. The van der Waals surface area contributed by atoms with Crippen molar-refractivity contribution in [2.75, 3.05) is 20.8 Å². The molecule has 0 fully saturated rings. The fourth-order valence-electron chi connectivity index (χ4n) is 7.84. The topological polar surface area (TPSA) is 168 Å². The molecule has 0 bridgehead atoms. The number of methoxy groups -OCH3 is 2. The molecule has 14 nitrogen and oxygen atoms in total. The molecule has 4 heterocycles. The zero-order valence-corrected chi connectivity index (χ0v) is 36.1. The number of hydrogen-bond acceptors (Lipinski definition) is 11. The summed E-state index contributed by atoms with van der Waals surface area (Å²) in [7, 11) is 3.21. The second-order valence-corrected chi connectivity index (χ2v) is 16.0. The Labute approximate surface area is 368 Å². The number of aryl methyl sites for hydroxylation is 2. The number of benzene rings is 4. The van der Waals surface area contributed by atoms with Crippen LogP contribution in [0.25, 0.3) is 11.4 Å². The minimum absolute atomic E-state index is 0.00491. The minimum atomic E-state index is -0.670. The van der Waals surface area contributed by atoms with Crippen LogP contribution in [0.5, 0.6) is 11.5 Å². The van der Waals surface area contributed by atoms with Crippen LogP contribution in [0.3, 0.4) is 0 Å². The summed E-state index contributed by atoms with van der Waals surface area (Å²) in [6.07, 6.45) is 0.702. The molecule has 2 aliphatic heterocycles. The molecule has 0 aliphatic carbocycles. The fraction of sp³-hybridized carbons (Fsp3) is 0.283. The molecule has 2 aromatic heterocycles. The maximum atomic E-state index is 13.5. The van der Waals surface area contributed by atoms with Crippen LogP contribution in [0.4, 0.5) is 0 Å². The van der Waals surface area contributed by atoms with Crippen LogP contribution in [-0.2, 0) is 14.4 Å². The molecule has 0 unspecified atom stereocenters. The van der Waals surface area contributed by atoms with Crippen molar-refractivity contribution in [1.82, 2.24) is 34.8 Å². The lowest BCUT2D eigenvalue weighted by molar-refractivity contribution is -0.125. The van der Waals surface area contributed by atoms with E-state index in [2.05, 4.69) is 25.7 Å². The van der Waals surface area contributed by atoms with Gasteiger partial charge in [-0.15, -0.1) is 20.4 Å². The number of rotatable bonds is 15. The first kappa shape index (κ1) is 42.2. The number of ether oxygens (including phenoxy) is 2. The highest BCUT2D eigenvalue weighted by Crippen LogP contribution is 2.37. The van der Waals surface area contributed by atoms with Crippen molar-refractivity contribution in [2.45, 2.75) is 64.5 Å². The van der Waals surface area contributed by atoms with E-state index in [1.807, 2.05) is 83.6 Å². The van der Waals surface area contributed by atoms with E-state index in [1.165, 1.54) is 0 Å². The Morgan fingerprint density at radius 3 is 1.52 bits per heavy atom. The number of ketones is 2. The van der Waals surface area contributed by atoms with Gasteiger partial charge in [-0.25, -0.2) is 0 Å². The maximum absolute atomic E-state index is 13.5. The molecule has 62 heavy (non-hydrogen) atoms. The number of hydrogen-bond donors (Lipinski definition) is 1. The first-order chi connectivity index (χ1) is 30.0. The predicted octanol–water partition coefficient (Wildman–Crippen LogP) is 7.87. The number of Topliss-reactive ketones (excluding diaryl/α,β-unsaturated/α-hetero) is 2. The monoisotopic (exact) mass is 871 g/mol. The van der Waals surface area contributed by atoms with E-state index in [-0.39, 0.29) is 56.1 Å². The third-order valence-corrected chi connectivity index (χ3v) is 11.4. The van der Waals surface area contributed by atoms with Crippen LogP contribution >= 0.6 is 23.2 Å².